The molecule has 8 heteroatoms. The number of ether oxygens (including phenoxy) is 2. The number of hydrogen-bond acceptors (Lipinski definition) is 8. The van der Waals surface area contributed by atoms with Gasteiger partial charge in [0.15, 0.2) is 0 Å². The van der Waals surface area contributed by atoms with Crippen LogP contribution in [0.2, 0.25) is 0 Å². The van der Waals surface area contributed by atoms with Gasteiger partial charge in [-0.15, -0.1) is 0 Å². The molecular formula is C29H28N2O6. The number of esters is 1. The fourth-order valence-electron chi connectivity index (χ4n) is 4.53. The van der Waals surface area contributed by atoms with Crippen molar-refractivity contribution in [2.75, 3.05) is 33.3 Å². The summed E-state index contributed by atoms with van der Waals surface area (Å²) < 4.78 is 16.3. The van der Waals surface area contributed by atoms with Crippen LogP contribution in [0.25, 0.3) is 11.0 Å². The highest BCUT2D eigenvalue weighted by molar-refractivity contribution is 5.89. The third kappa shape index (κ3) is 5.50. The number of piperazine rings is 1. The van der Waals surface area contributed by atoms with Gasteiger partial charge in [0.05, 0.1) is 23.6 Å². The molecule has 0 spiro atoms. The van der Waals surface area contributed by atoms with E-state index in [0.717, 1.165) is 32.7 Å². The highest BCUT2D eigenvalue weighted by atomic mass is 16.5. The molecule has 190 valence electrons. The Kier molecular flexibility index (Phi) is 7.20. The minimum absolute atomic E-state index is 0.0180. The number of phenolic OH excluding ortho intramolecular Hbond substituents is 1. The number of hydrogen-bond donors (Lipinski definition) is 1. The molecule has 1 aromatic heterocycles. The number of aromatic hydroxyl groups is 1. The fraction of sp³-hybridized carbons (Fsp3) is 0.241. The summed E-state index contributed by atoms with van der Waals surface area (Å²) >= 11 is 0. The van der Waals surface area contributed by atoms with Crippen LogP contribution in [0.15, 0.2) is 82.2 Å². The molecule has 37 heavy (non-hydrogen) atoms. The van der Waals surface area contributed by atoms with Crippen molar-refractivity contribution >= 4 is 16.9 Å². The first-order valence-corrected chi connectivity index (χ1v) is 12.1. The second-order valence-corrected chi connectivity index (χ2v) is 9.02. The molecular weight excluding hydrogens is 472 g/mol. The van der Waals surface area contributed by atoms with Gasteiger partial charge in [0.2, 0.25) is 11.2 Å². The average Bonchev–Trinajstić information content (AvgIpc) is 2.93. The molecule has 1 saturated heterocycles. The smallest absolute Gasteiger partial charge is 0.337 e. The Morgan fingerprint density at radius 1 is 0.919 bits per heavy atom. The molecule has 1 aliphatic heterocycles. The van der Waals surface area contributed by atoms with E-state index >= 15 is 0 Å². The normalized spacial score (nSPS) is 14.5. The number of carbonyl (C=O) groups excluding carboxylic acids is 1. The van der Waals surface area contributed by atoms with Crippen LogP contribution in [0.5, 0.6) is 17.2 Å². The molecule has 8 nitrogen and oxygen atoms in total. The van der Waals surface area contributed by atoms with Crippen LogP contribution in [0.4, 0.5) is 0 Å². The largest absolute Gasteiger partial charge is 0.507 e. The number of benzene rings is 3. The van der Waals surface area contributed by atoms with Gasteiger partial charge in [-0.05, 0) is 42.0 Å². The highest BCUT2D eigenvalue weighted by Crippen LogP contribution is 2.30. The molecule has 1 fully saturated rings. The Labute approximate surface area is 214 Å². The van der Waals surface area contributed by atoms with Gasteiger partial charge in [-0.1, -0.05) is 30.3 Å². The van der Waals surface area contributed by atoms with Gasteiger partial charge < -0.3 is 19.0 Å². The van der Waals surface area contributed by atoms with Crippen molar-refractivity contribution in [1.82, 2.24) is 9.80 Å². The molecule has 2 heterocycles. The van der Waals surface area contributed by atoms with Crippen LogP contribution in [-0.2, 0) is 17.8 Å². The van der Waals surface area contributed by atoms with Crippen molar-refractivity contribution in [3.05, 3.63) is 99.9 Å². The van der Waals surface area contributed by atoms with Gasteiger partial charge in [0.1, 0.15) is 23.3 Å². The standard InChI is InChI=1S/C29H28N2O6/c1-35-29(34)21-7-9-22(10-8-21)37-26-19-36-28-23(27(26)33)11-12-25(32)24(28)18-31-15-13-30(14-16-31)17-20-5-3-2-4-6-20/h2-12,19,32H,13-18H2,1H3. The van der Waals surface area contributed by atoms with Crippen LogP contribution in [-0.4, -0.2) is 54.2 Å². The van der Waals surface area contributed by atoms with Crippen molar-refractivity contribution < 1.29 is 23.8 Å². The lowest BCUT2D eigenvalue weighted by molar-refractivity contribution is 0.0600. The van der Waals surface area contributed by atoms with Gasteiger partial charge in [-0.2, -0.15) is 0 Å². The molecule has 0 saturated carbocycles. The fourth-order valence-corrected chi connectivity index (χ4v) is 4.53. The van der Waals surface area contributed by atoms with Gasteiger partial charge in [0, 0.05) is 39.3 Å². The van der Waals surface area contributed by atoms with E-state index in [-0.39, 0.29) is 16.9 Å². The third-order valence-corrected chi connectivity index (χ3v) is 6.59. The molecule has 1 aliphatic rings. The zero-order chi connectivity index (χ0) is 25.8. The summed E-state index contributed by atoms with van der Waals surface area (Å²) in [5, 5.41) is 10.9. The SMILES string of the molecule is COC(=O)c1ccc(Oc2coc3c(CN4CCN(Cc5ccccc5)CC4)c(O)ccc3c2=O)cc1. The minimum atomic E-state index is -0.457. The van der Waals surface area contributed by atoms with Crippen LogP contribution in [0, 0.1) is 0 Å². The molecule has 3 aromatic carbocycles. The summed E-state index contributed by atoms with van der Waals surface area (Å²) in [6, 6.07) is 19.7. The Balaban J connectivity index is 1.30. The van der Waals surface area contributed by atoms with Crippen molar-refractivity contribution in [1.29, 1.82) is 0 Å². The molecule has 0 radical (unpaired) electrons. The number of methoxy groups -OCH3 is 1. The van der Waals surface area contributed by atoms with E-state index in [1.807, 2.05) is 6.07 Å². The van der Waals surface area contributed by atoms with Crippen molar-refractivity contribution in [2.45, 2.75) is 13.1 Å². The Morgan fingerprint density at radius 3 is 2.27 bits per heavy atom. The molecule has 4 aromatic rings. The van der Waals surface area contributed by atoms with Crippen LogP contribution in [0.3, 0.4) is 0 Å². The van der Waals surface area contributed by atoms with Crippen molar-refractivity contribution in [3.8, 4) is 17.2 Å². The van der Waals surface area contributed by atoms with Gasteiger partial charge in [-0.3, -0.25) is 14.6 Å². The van der Waals surface area contributed by atoms with E-state index in [2.05, 4.69) is 34.1 Å². The van der Waals surface area contributed by atoms with Crippen molar-refractivity contribution in [2.24, 2.45) is 0 Å². The molecule has 1 N–H and O–H groups in total. The van der Waals surface area contributed by atoms with E-state index < -0.39 is 5.97 Å². The minimum Gasteiger partial charge on any atom is -0.507 e. The summed E-state index contributed by atoms with van der Waals surface area (Å²) in [7, 11) is 1.31. The number of rotatable bonds is 7. The van der Waals surface area contributed by atoms with E-state index in [1.165, 1.54) is 25.0 Å². The van der Waals surface area contributed by atoms with E-state index in [9.17, 15) is 14.7 Å². The van der Waals surface area contributed by atoms with E-state index in [0.29, 0.717) is 34.4 Å². The lowest BCUT2D eigenvalue weighted by Crippen LogP contribution is -2.45. The zero-order valence-electron chi connectivity index (χ0n) is 20.6. The Morgan fingerprint density at radius 2 is 1.59 bits per heavy atom. The maximum atomic E-state index is 13.2. The second-order valence-electron chi connectivity index (χ2n) is 9.02. The summed E-state index contributed by atoms with van der Waals surface area (Å²) in [6.45, 7) is 4.90. The Bertz CT molecular complexity index is 1440. The topological polar surface area (TPSA) is 92.5 Å². The molecule has 5 rings (SSSR count). The second kappa shape index (κ2) is 10.9. The summed E-state index contributed by atoms with van der Waals surface area (Å²) in [5.74, 6) is 0.0345. The maximum Gasteiger partial charge on any atom is 0.337 e. The van der Waals surface area contributed by atoms with E-state index in [4.69, 9.17) is 13.9 Å². The highest BCUT2D eigenvalue weighted by Gasteiger charge is 2.21. The van der Waals surface area contributed by atoms with Crippen LogP contribution >= 0.6 is 0 Å². The number of carbonyl (C=O) groups is 1. The molecule has 0 unspecified atom stereocenters. The quantitative estimate of drug-likeness (QED) is 0.374. The van der Waals surface area contributed by atoms with Crippen LogP contribution in [0.1, 0.15) is 21.5 Å². The molecule has 0 amide bonds. The lowest BCUT2D eigenvalue weighted by Gasteiger charge is -2.34. The van der Waals surface area contributed by atoms with Crippen LogP contribution < -0.4 is 10.2 Å². The first kappa shape index (κ1) is 24.5. The van der Waals surface area contributed by atoms with E-state index in [1.54, 1.807) is 30.3 Å². The summed E-state index contributed by atoms with van der Waals surface area (Å²) in [6.07, 6.45) is 1.26. The number of fused-ring (bicyclic) bond motifs is 1. The first-order valence-electron chi connectivity index (χ1n) is 12.1. The van der Waals surface area contributed by atoms with Gasteiger partial charge >= 0.3 is 5.97 Å². The summed E-state index contributed by atoms with van der Waals surface area (Å²) in [4.78, 5) is 29.5. The molecule has 0 atom stereocenters. The number of nitrogens with zero attached hydrogens (tertiary/aromatic N) is 2. The first-order chi connectivity index (χ1) is 18.0. The Hall–Kier alpha value is -4.14. The average molecular weight is 501 g/mol. The summed E-state index contributed by atoms with van der Waals surface area (Å²) in [5.41, 5.74) is 2.26. The molecule has 0 aliphatic carbocycles. The zero-order valence-corrected chi connectivity index (χ0v) is 20.6. The third-order valence-electron chi connectivity index (χ3n) is 6.59. The monoisotopic (exact) mass is 500 g/mol. The van der Waals surface area contributed by atoms with Gasteiger partial charge in [0.25, 0.3) is 0 Å². The molecule has 0 bridgehead atoms. The lowest BCUT2D eigenvalue weighted by atomic mass is 10.1. The maximum absolute atomic E-state index is 13.2. The van der Waals surface area contributed by atoms with Gasteiger partial charge in [-0.25, -0.2) is 4.79 Å². The van der Waals surface area contributed by atoms with Crippen molar-refractivity contribution in [3.63, 3.8) is 0 Å². The predicted molar refractivity (Wildman–Crippen MR) is 139 cm³/mol. The number of phenols is 1. The predicted octanol–water partition coefficient (Wildman–Crippen LogP) is 4.40.